The topological polar surface area (TPSA) is 26.0 Å². The van der Waals surface area contributed by atoms with Gasteiger partial charge in [-0.05, 0) is 24.6 Å². The Hall–Kier alpha value is -1.10. The summed E-state index contributed by atoms with van der Waals surface area (Å²) in [5.41, 5.74) is 4.37. The lowest BCUT2D eigenvalue weighted by Crippen LogP contribution is -2.21. The largest absolute Gasteiger partial charge is 0.416 e. The number of halogens is 4. The highest BCUT2D eigenvalue weighted by Gasteiger charge is 2.31. The maximum absolute atomic E-state index is 13.3. The zero-order chi connectivity index (χ0) is 11.6. The first-order chi connectivity index (χ1) is 6.82. The van der Waals surface area contributed by atoms with E-state index in [0.29, 0.717) is 0 Å². The fourth-order valence-electron chi connectivity index (χ4n) is 1.19. The molecule has 0 aliphatic heterocycles. The Morgan fingerprint density at radius 2 is 1.87 bits per heavy atom. The minimum absolute atomic E-state index is 0.0418. The summed E-state index contributed by atoms with van der Waals surface area (Å²) in [4.78, 5) is 0. The molecule has 1 aromatic rings. The quantitative estimate of drug-likeness (QED) is 0.763. The Balaban J connectivity index is 3.03. The molecule has 1 nitrogen and oxygen atoms in total. The molecule has 0 aromatic heterocycles. The van der Waals surface area contributed by atoms with Crippen LogP contribution in [0.2, 0.25) is 0 Å². The summed E-state index contributed by atoms with van der Waals surface area (Å²) in [5, 5.41) is 0. The molecule has 0 amide bonds. The summed E-state index contributed by atoms with van der Waals surface area (Å²) in [6, 6.07) is 3.33. The monoisotopic (exact) mass is 221 g/mol. The van der Waals surface area contributed by atoms with Crippen molar-refractivity contribution in [2.24, 2.45) is 5.73 Å². The van der Waals surface area contributed by atoms with E-state index in [2.05, 4.69) is 0 Å². The average molecular weight is 221 g/mol. The predicted molar refractivity (Wildman–Crippen MR) is 48.9 cm³/mol. The van der Waals surface area contributed by atoms with E-state index < -0.39 is 24.0 Å². The molecular weight excluding hydrogens is 210 g/mol. The third kappa shape index (κ3) is 2.92. The third-order valence-corrected chi connectivity index (χ3v) is 1.99. The maximum atomic E-state index is 13.3. The van der Waals surface area contributed by atoms with Gasteiger partial charge in [0, 0.05) is 6.04 Å². The summed E-state index contributed by atoms with van der Waals surface area (Å²) in [5.74, 6) is 0. The third-order valence-electron chi connectivity index (χ3n) is 1.99. The van der Waals surface area contributed by atoms with Crippen molar-refractivity contribution in [2.75, 3.05) is 0 Å². The SMILES string of the molecule is CC(N)C(F)c1cccc(C(F)(F)F)c1. The Bertz CT molecular complexity index is 332. The van der Waals surface area contributed by atoms with Gasteiger partial charge in [0.25, 0.3) is 0 Å². The fraction of sp³-hybridized carbons (Fsp3) is 0.400. The molecular formula is C10H11F4N. The Labute approximate surface area is 84.9 Å². The van der Waals surface area contributed by atoms with E-state index in [1.165, 1.54) is 19.1 Å². The van der Waals surface area contributed by atoms with Crippen LogP contribution < -0.4 is 5.73 Å². The van der Waals surface area contributed by atoms with Crippen LogP contribution in [0.25, 0.3) is 0 Å². The molecule has 0 saturated carbocycles. The fourth-order valence-corrected chi connectivity index (χ4v) is 1.19. The van der Waals surface area contributed by atoms with Gasteiger partial charge >= 0.3 is 6.18 Å². The molecule has 84 valence electrons. The molecule has 1 rings (SSSR count). The van der Waals surface area contributed by atoms with Gasteiger partial charge in [-0.15, -0.1) is 0 Å². The molecule has 0 fully saturated rings. The Morgan fingerprint density at radius 1 is 1.27 bits per heavy atom. The molecule has 5 heteroatoms. The van der Waals surface area contributed by atoms with Crippen LogP contribution >= 0.6 is 0 Å². The maximum Gasteiger partial charge on any atom is 0.416 e. The van der Waals surface area contributed by atoms with Crippen LogP contribution in [0.4, 0.5) is 17.6 Å². The molecule has 2 unspecified atom stereocenters. The van der Waals surface area contributed by atoms with Gasteiger partial charge in [-0.3, -0.25) is 0 Å². The predicted octanol–water partition coefficient (Wildman–Crippen LogP) is 3.06. The minimum Gasteiger partial charge on any atom is -0.325 e. The lowest BCUT2D eigenvalue weighted by molar-refractivity contribution is -0.137. The summed E-state index contributed by atoms with van der Waals surface area (Å²) in [6.45, 7) is 1.41. The van der Waals surface area contributed by atoms with E-state index in [-0.39, 0.29) is 5.56 Å². The molecule has 1 aromatic carbocycles. The Morgan fingerprint density at radius 3 is 2.33 bits per heavy atom. The van der Waals surface area contributed by atoms with E-state index in [9.17, 15) is 17.6 Å². The first-order valence-corrected chi connectivity index (χ1v) is 4.39. The van der Waals surface area contributed by atoms with Gasteiger partial charge in [-0.1, -0.05) is 12.1 Å². The van der Waals surface area contributed by atoms with Crippen molar-refractivity contribution in [2.45, 2.75) is 25.3 Å². The standard InChI is InChI=1S/C10H11F4N/c1-6(15)9(11)7-3-2-4-8(5-7)10(12,13)14/h2-6,9H,15H2,1H3. The molecule has 2 N–H and O–H groups in total. The van der Waals surface area contributed by atoms with Crippen LogP contribution in [-0.4, -0.2) is 6.04 Å². The van der Waals surface area contributed by atoms with Crippen molar-refractivity contribution in [3.05, 3.63) is 35.4 Å². The highest BCUT2D eigenvalue weighted by Crippen LogP contribution is 2.31. The summed E-state index contributed by atoms with van der Waals surface area (Å²) in [7, 11) is 0. The highest BCUT2D eigenvalue weighted by molar-refractivity contribution is 5.27. The number of rotatable bonds is 2. The molecule has 0 saturated heterocycles. The molecule has 0 radical (unpaired) electrons. The van der Waals surface area contributed by atoms with E-state index in [1.807, 2.05) is 0 Å². The second-order valence-electron chi connectivity index (χ2n) is 3.38. The normalized spacial score (nSPS) is 16.1. The van der Waals surface area contributed by atoms with Crippen LogP contribution in [-0.2, 0) is 6.18 Å². The molecule has 0 spiro atoms. The highest BCUT2D eigenvalue weighted by atomic mass is 19.4. The zero-order valence-corrected chi connectivity index (χ0v) is 8.05. The first-order valence-electron chi connectivity index (χ1n) is 4.39. The summed E-state index contributed by atoms with van der Waals surface area (Å²) in [6.07, 6.45) is -6.03. The average Bonchev–Trinajstić information content (AvgIpc) is 2.15. The van der Waals surface area contributed by atoms with Crippen molar-refractivity contribution >= 4 is 0 Å². The van der Waals surface area contributed by atoms with Crippen molar-refractivity contribution in [3.8, 4) is 0 Å². The lowest BCUT2D eigenvalue weighted by Gasteiger charge is -2.14. The van der Waals surface area contributed by atoms with Crippen molar-refractivity contribution < 1.29 is 17.6 Å². The second kappa shape index (κ2) is 4.18. The molecule has 0 bridgehead atoms. The van der Waals surface area contributed by atoms with E-state index in [4.69, 9.17) is 5.73 Å². The van der Waals surface area contributed by atoms with Crippen LogP contribution in [0.15, 0.2) is 24.3 Å². The van der Waals surface area contributed by atoms with Crippen LogP contribution in [0.5, 0.6) is 0 Å². The zero-order valence-electron chi connectivity index (χ0n) is 8.05. The molecule has 0 heterocycles. The first kappa shape index (κ1) is 12.0. The van der Waals surface area contributed by atoms with E-state index in [0.717, 1.165) is 12.1 Å². The van der Waals surface area contributed by atoms with Gasteiger partial charge in [0.15, 0.2) is 0 Å². The molecule has 15 heavy (non-hydrogen) atoms. The second-order valence-corrected chi connectivity index (χ2v) is 3.38. The minimum atomic E-state index is -4.45. The van der Waals surface area contributed by atoms with Gasteiger partial charge in [0.2, 0.25) is 0 Å². The van der Waals surface area contributed by atoms with Crippen LogP contribution in [0.3, 0.4) is 0 Å². The molecule has 0 aliphatic carbocycles. The number of hydrogen-bond donors (Lipinski definition) is 1. The smallest absolute Gasteiger partial charge is 0.325 e. The number of benzene rings is 1. The van der Waals surface area contributed by atoms with Gasteiger partial charge in [0.05, 0.1) is 5.56 Å². The molecule has 0 aliphatic rings. The number of hydrogen-bond acceptors (Lipinski definition) is 1. The summed E-state index contributed by atoms with van der Waals surface area (Å²) >= 11 is 0. The van der Waals surface area contributed by atoms with Crippen molar-refractivity contribution in [1.82, 2.24) is 0 Å². The number of nitrogens with two attached hydrogens (primary N) is 1. The van der Waals surface area contributed by atoms with Crippen molar-refractivity contribution in [3.63, 3.8) is 0 Å². The van der Waals surface area contributed by atoms with Gasteiger partial charge < -0.3 is 5.73 Å². The van der Waals surface area contributed by atoms with E-state index in [1.54, 1.807) is 0 Å². The van der Waals surface area contributed by atoms with Crippen LogP contribution in [0.1, 0.15) is 24.2 Å². The number of alkyl halides is 4. The van der Waals surface area contributed by atoms with Gasteiger partial charge in [0.1, 0.15) is 6.17 Å². The Kier molecular flexibility index (Phi) is 3.34. The molecule has 2 atom stereocenters. The van der Waals surface area contributed by atoms with E-state index >= 15 is 0 Å². The van der Waals surface area contributed by atoms with Crippen LogP contribution in [0, 0.1) is 0 Å². The van der Waals surface area contributed by atoms with Gasteiger partial charge in [-0.25, -0.2) is 4.39 Å². The lowest BCUT2D eigenvalue weighted by atomic mass is 10.0. The van der Waals surface area contributed by atoms with Crippen molar-refractivity contribution in [1.29, 1.82) is 0 Å². The summed E-state index contributed by atoms with van der Waals surface area (Å²) < 4.78 is 50.2. The van der Waals surface area contributed by atoms with Gasteiger partial charge in [-0.2, -0.15) is 13.2 Å².